The van der Waals surface area contributed by atoms with E-state index in [4.69, 9.17) is 37.9 Å². The first kappa shape index (κ1) is 37.3. The Balaban J connectivity index is 1.71. The second kappa shape index (κ2) is 12.3. The van der Waals surface area contributed by atoms with Crippen molar-refractivity contribution in [1.29, 1.82) is 0 Å². The number of hydrogen-bond acceptors (Lipinski definition) is 15. The minimum Gasteiger partial charge on any atom is -0.454 e. The highest BCUT2D eigenvalue weighted by Crippen LogP contribution is 2.67. The number of carbonyl (C=O) groups excluding carboxylic acids is 6. The van der Waals surface area contributed by atoms with E-state index in [0.29, 0.717) is 0 Å². The van der Waals surface area contributed by atoms with E-state index in [9.17, 15) is 29.1 Å². The Labute approximate surface area is 300 Å². The molecule has 0 radical (unpaired) electrons. The van der Waals surface area contributed by atoms with Crippen molar-refractivity contribution < 1.29 is 71.8 Å². The summed E-state index contributed by atoms with van der Waals surface area (Å²) in [6.45, 7) is 12.9. The molecule has 2 aliphatic heterocycles. The summed E-state index contributed by atoms with van der Waals surface area (Å²) in [5.74, 6) is -4.96. The minimum atomic E-state index is -2.19. The summed E-state index contributed by atoms with van der Waals surface area (Å²) in [4.78, 5) is 82.5. The van der Waals surface area contributed by atoms with Crippen molar-refractivity contribution in [3.8, 4) is 0 Å². The third kappa shape index (κ3) is 5.37. The smallest absolute Gasteiger partial charge is 0.454 e. The van der Waals surface area contributed by atoms with Gasteiger partial charge in [-0.2, -0.15) is 0 Å². The fourth-order valence-corrected chi connectivity index (χ4v) is 9.19. The van der Waals surface area contributed by atoms with E-state index in [1.54, 1.807) is 52.8 Å². The van der Waals surface area contributed by atoms with Gasteiger partial charge in [0.05, 0.1) is 23.5 Å². The second-order valence-electron chi connectivity index (χ2n) is 15.8. The predicted octanol–water partition coefficient (Wildman–Crippen LogP) is 3.77. The van der Waals surface area contributed by atoms with Crippen molar-refractivity contribution in [2.45, 2.75) is 122 Å². The van der Waals surface area contributed by atoms with Crippen LogP contribution in [0.3, 0.4) is 0 Å². The fraction of sp³-hybridized carbons (Fsp3) is 0.622. The van der Waals surface area contributed by atoms with Crippen LogP contribution < -0.4 is 0 Å². The Morgan fingerprint density at radius 1 is 0.942 bits per heavy atom. The number of benzene rings is 1. The highest BCUT2D eigenvalue weighted by Gasteiger charge is 2.83. The van der Waals surface area contributed by atoms with Crippen molar-refractivity contribution in [2.75, 3.05) is 6.61 Å². The average molecular weight is 729 g/mol. The van der Waals surface area contributed by atoms with Crippen molar-refractivity contribution in [1.82, 2.24) is 0 Å². The van der Waals surface area contributed by atoms with E-state index < -0.39 is 106 Å². The van der Waals surface area contributed by atoms with Crippen LogP contribution in [-0.4, -0.2) is 101 Å². The van der Waals surface area contributed by atoms with Gasteiger partial charge in [0, 0.05) is 25.7 Å². The summed E-state index contributed by atoms with van der Waals surface area (Å²) in [5, 5.41) is 11.9. The Morgan fingerprint density at radius 3 is 2.15 bits per heavy atom. The lowest BCUT2D eigenvalue weighted by molar-refractivity contribution is -0.346. The number of ketones is 1. The van der Waals surface area contributed by atoms with Gasteiger partial charge in [-0.05, 0) is 57.9 Å². The number of aliphatic hydroxyl groups is 1. The zero-order valence-corrected chi connectivity index (χ0v) is 30.5. The molecule has 4 fully saturated rings. The number of carbonyl (C=O) groups is 6. The first-order chi connectivity index (χ1) is 24.1. The van der Waals surface area contributed by atoms with E-state index in [1.807, 2.05) is 0 Å². The number of Topliss-reactive ketones (excluding diaryl/α,β-unsaturated/α-hetero) is 1. The molecule has 2 bridgehead atoms. The summed E-state index contributed by atoms with van der Waals surface area (Å²) in [5.41, 5.74) is -8.40. The summed E-state index contributed by atoms with van der Waals surface area (Å²) in [6.07, 6.45) is -11.9. The molecule has 5 aliphatic rings. The summed E-state index contributed by atoms with van der Waals surface area (Å²) in [7, 11) is 0. The van der Waals surface area contributed by atoms with Gasteiger partial charge in [0.1, 0.15) is 23.9 Å². The Bertz CT molecular complexity index is 1740. The number of esters is 3. The summed E-state index contributed by atoms with van der Waals surface area (Å²) < 4.78 is 47.7. The first-order valence-electron chi connectivity index (χ1n) is 17.1. The molecule has 2 heterocycles. The number of hydrogen-bond donors (Lipinski definition) is 1. The van der Waals surface area contributed by atoms with E-state index in [1.165, 1.54) is 26.0 Å². The van der Waals surface area contributed by atoms with Gasteiger partial charge < -0.3 is 43.0 Å². The molecule has 1 aromatic rings. The molecule has 1 aromatic carbocycles. The third-order valence-electron chi connectivity index (χ3n) is 11.3. The maximum atomic E-state index is 15.6. The maximum Gasteiger partial charge on any atom is 0.509 e. The lowest BCUT2D eigenvalue weighted by Crippen LogP contribution is -2.83. The number of rotatable bonds is 5. The van der Waals surface area contributed by atoms with Crippen LogP contribution in [-0.2, 0) is 52.3 Å². The van der Waals surface area contributed by atoms with Crippen LogP contribution in [0.2, 0.25) is 0 Å². The van der Waals surface area contributed by atoms with Gasteiger partial charge in [-0.15, -0.1) is 0 Å². The molecule has 6 rings (SSSR count). The molecule has 2 saturated carbocycles. The summed E-state index contributed by atoms with van der Waals surface area (Å²) >= 11 is 0. The Kier molecular flexibility index (Phi) is 8.81. The maximum absolute atomic E-state index is 15.6. The highest BCUT2D eigenvalue weighted by molar-refractivity contribution is 5.96. The lowest BCUT2D eigenvalue weighted by Gasteiger charge is -2.67. The van der Waals surface area contributed by atoms with Gasteiger partial charge in [-0.1, -0.05) is 32.0 Å². The molecule has 282 valence electrons. The van der Waals surface area contributed by atoms with E-state index >= 15 is 4.79 Å². The van der Waals surface area contributed by atoms with Gasteiger partial charge in [0.25, 0.3) is 0 Å². The van der Waals surface area contributed by atoms with E-state index in [2.05, 4.69) is 0 Å². The van der Waals surface area contributed by atoms with Gasteiger partial charge in [-0.3, -0.25) is 14.4 Å². The molecule has 1 N–H and O–H groups in total. The van der Waals surface area contributed by atoms with Gasteiger partial charge >= 0.3 is 30.2 Å². The van der Waals surface area contributed by atoms with Crippen molar-refractivity contribution in [2.24, 2.45) is 16.7 Å². The molecule has 15 nitrogen and oxygen atoms in total. The second-order valence-corrected chi connectivity index (χ2v) is 15.8. The Morgan fingerprint density at radius 2 is 1.60 bits per heavy atom. The molecular formula is C37H44O15. The molecule has 2 saturated heterocycles. The van der Waals surface area contributed by atoms with Gasteiger partial charge in [-0.25, -0.2) is 14.4 Å². The molecule has 1 spiro atoms. The van der Waals surface area contributed by atoms with E-state index in [-0.39, 0.29) is 29.7 Å². The Hall–Kier alpha value is -4.50. The van der Waals surface area contributed by atoms with Crippen LogP contribution in [0.25, 0.3) is 0 Å². The third-order valence-corrected chi connectivity index (χ3v) is 11.3. The van der Waals surface area contributed by atoms with Crippen molar-refractivity contribution >= 4 is 36.0 Å². The fourth-order valence-electron chi connectivity index (χ4n) is 9.19. The standard InChI is InChI=1S/C37H44O15/c1-17-23-25(46-18(2)38)27(41)35(9)21(47-31(43)51-33(4,5)6)15-22-36(16-45-22,50-19(3)39)26(35)29(48-30(42)20-13-11-10-12-14-20)37(34(23,7)8)28(24(17)40)49-32(44)52-37/h10-14,21-22,24-26,28-29,40H,15-16H2,1-9H3/t21-,22+,24?,25+,26?,28-,29-,35+,36-,37+/m0/s1. The molecule has 0 aromatic heterocycles. The SMILES string of the molecule is CC(=O)O[C@H]1C(=O)[C@@]2(C)C([C@H](OC(=O)c3ccccc3)[C@]34OC(=O)O[C@H]3C(O)C(C)=C1C4(C)C)[C@]1(OC(C)=O)CO[C@@H]1C[C@@H]2OC(=O)OC(C)(C)C. The first-order valence-corrected chi connectivity index (χ1v) is 17.1. The van der Waals surface area contributed by atoms with Crippen LogP contribution in [0.1, 0.15) is 79.1 Å². The van der Waals surface area contributed by atoms with Gasteiger partial charge in [0.15, 0.2) is 29.7 Å². The van der Waals surface area contributed by atoms with Crippen LogP contribution in [0, 0.1) is 16.7 Å². The number of ether oxygens (including phenoxy) is 8. The monoisotopic (exact) mass is 728 g/mol. The average Bonchev–Trinajstić information content (AvgIpc) is 3.40. The zero-order valence-electron chi connectivity index (χ0n) is 30.5. The molecule has 3 aliphatic carbocycles. The van der Waals surface area contributed by atoms with Gasteiger partial charge in [0.2, 0.25) is 5.60 Å². The molecule has 52 heavy (non-hydrogen) atoms. The molecule has 0 amide bonds. The molecular weight excluding hydrogens is 684 g/mol. The molecule has 2 unspecified atom stereocenters. The number of aliphatic hydroxyl groups excluding tert-OH is 1. The normalized spacial score (nSPS) is 37.2. The van der Waals surface area contributed by atoms with Crippen molar-refractivity contribution in [3.63, 3.8) is 0 Å². The van der Waals surface area contributed by atoms with Crippen LogP contribution in [0.4, 0.5) is 9.59 Å². The van der Waals surface area contributed by atoms with Crippen molar-refractivity contribution in [3.05, 3.63) is 47.0 Å². The van der Waals surface area contributed by atoms with Crippen LogP contribution in [0.5, 0.6) is 0 Å². The highest BCUT2D eigenvalue weighted by atomic mass is 16.8. The van der Waals surface area contributed by atoms with E-state index in [0.717, 1.165) is 13.8 Å². The zero-order chi connectivity index (χ0) is 38.3. The quantitative estimate of drug-likeness (QED) is 0.261. The van der Waals surface area contributed by atoms with Crippen LogP contribution >= 0.6 is 0 Å². The van der Waals surface area contributed by atoms with Crippen LogP contribution in [0.15, 0.2) is 41.5 Å². The lowest BCUT2D eigenvalue weighted by atomic mass is 9.44. The number of fused-ring (bicyclic) bond motifs is 4. The predicted molar refractivity (Wildman–Crippen MR) is 174 cm³/mol. The molecule has 15 heteroatoms. The summed E-state index contributed by atoms with van der Waals surface area (Å²) in [6, 6.07) is 7.87. The topological polar surface area (TPSA) is 196 Å². The molecule has 10 atom stereocenters. The largest absolute Gasteiger partial charge is 0.509 e. The minimum absolute atomic E-state index is 0.0553.